The first kappa shape index (κ1) is 13.0. The summed E-state index contributed by atoms with van der Waals surface area (Å²) in [7, 11) is 0. The number of benzene rings is 1. The molecule has 4 N–H and O–H groups in total. The number of rotatable bonds is 2. The van der Waals surface area contributed by atoms with Crippen molar-refractivity contribution in [1.29, 1.82) is 0 Å². The van der Waals surface area contributed by atoms with Gasteiger partial charge in [0.2, 0.25) is 0 Å². The van der Waals surface area contributed by atoms with Crippen molar-refractivity contribution in [2.45, 2.75) is 4.33 Å². The molecule has 1 aromatic rings. The molecule has 3 nitrogen and oxygen atoms in total. The molecule has 2 rings (SSSR count). The summed E-state index contributed by atoms with van der Waals surface area (Å²) in [6.45, 7) is 0. The van der Waals surface area contributed by atoms with Gasteiger partial charge in [0.1, 0.15) is 0 Å². The van der Waals surface area contributed by atoms with E-state index in [4.69, 9.17) is 34.7 Å². The van der Waals surface area contributed by atoms with Crippen LogP contribution in [-0.4, -0.2) is 10.1 Å². The van der Waals surface area contributed by atoms with E-state index in [1.54, 1.807) is 36.4 Å². The van der Waals surface area contributed by atoms with E-state index in [0.29, 0.717) is 11.3 Å². The molecule has 0 saturated heterocycles. The minimum Gasteiger partial charge on any atom is -0.400 e. The molecular formula is C13H12Cl2N2O. The molecule has 0 heterocycles. The highest BCUT2D eigenvalue weighted by atomic mass is 35.5. The summed E-state index contributed by atoms with van der Waals surface area (Å²) in [6, 6.07) is 6.79. The van der Waals surface area contributed by atoms with Gasteiger partial charge in [-0.15, -0.1) is 0 Å². The van der Waals surface area contributed by atoms with Crippen LogP contribution in [0.2, 0.25) is 0 Å². The first-order valence-electron chi connectivity index (χ1n) is 5.35. The van der Waals surface area contributed by atoms with Crippen molar-refractivity contribution in [3.05, 3.63) is 53.8 Å². The molecule has 0 aliphatic heterocycles. The van der Waals surface area contributed by atoms with Crippen LogP contribution in [0, 0.1) is 5.92 Å². The average molecular weight is 283 g/mol. The van der Waals surface area contributed by atoms with Crippen LogP contribution in [0.15, 0.2) is 48.2 Å². The van der Waals surface area contributed by atoms with Gasteiger partial charge in [0.05, 0.1) is 5.92 Å². The fourth-order valence-corrected chi connectivity index (χ4v) is 2.00. The SMILES string of the molecule is NC1=CC(C(=O)c2cccc(N)c2)C=CC1(Cl)Cl. The third kappa shape index (κ3) is 2.52. The summed E-state index contributed by atoms with van der Waals surface area (Å²) in [6.07, 6.45) is 4.72. The summed E-state index contributed by atoms with van der Waals surface area (Å²) in [5, 5.41) is 0. The van der Waals surface area contributed by atoms with E-state index in [0.717, 1.165) is 0 Å². The number of nitrogen functional groups attached to an aromatic ring is 1. The Hall–Kier alpha value is -1.45. The molecular weight excluding hydrogens is 271 g/mol. The van der Waals surface area contributed by atoms with Crippen molar-refractivity contribution in [3.63, 3.8) is 0 Å². The minimum atomic E-state index is -1.23. The molecule has 94 valence electrons. The van der Waals surface area contributed by atoms with Crippen LogP contribution in [0.1, 0.15) is 10.4 Å². The number of anilines is 1. The summed E-state index contributed by atoms with van der Waals surface area (Å²) in [5.41, 5.74) is 12.7. The molecule has 0 amide bonds. The molecule has 1 aliphatic carbocycles. The first-order valence-corrected chi connectivity index (χ1v) is 6.10. The maximum Gasteiger partial charge on any atom is 0.175 e. The van der Waals surface area contributed by atoms with Gasteiger partial charge >= 0.3 is 0 Å². The van der Waals surface area contributed by atoms with E-state index in [1.165, 1.54) is 6.08 Å². The maximum absolute atomic E-state index is 12.2. The van der Waals surface area contributed by atoms with Crippen molar-refractivity contribution < 1.29 is 4.79 Å². The Kier molecular flexibility index (Phi) is 3.37. The van der Waals surface area contributed by atoms with Gasteiger partial charge < -0.3 is 11.5 Å². The Morgan fingerprint density at radius 1 is 1.28 bits per heavy atom. The Balaban J connectivity index is 2.27. The van der Waals surface area contributed by atoms with Crippen molar-refractivity contribution in [2.24, 2.45) is 11.7 Å². The van der Waals surface area contributed by atoms with E-state index < -0.39 is 10.3 Å². The predicted octanol–water partition coefficient (Wildman–Crippen LogP) is 2.65. The lowest BCUT2D eigenvalue weighted by atomic mass is 9.92. The van der Waals surface area contributed by atoms with Crippen LogP contribution in [0.4, 0.5) is 5.69 Å². The molecule has 0 bridgehead atoms. The zero-order valence-corrected chi connectivity index (χ0v) is 10.9. The zero-order valence-electron chi connectivity index (χ0n) is 9.44. The van der Waals surface area contributed by atoms with E-state index in [9.17, 15) is 4.79 Å². The lowest BCUT2D eigenvalue weighted by Gasteiger charge is -2.22. The second-order valence-corrected chi connectivity index (χ2v) is 5.51. The van der Waals surface area contributed by atoms with E-state index >= 15 is 0 Å². The monoisotopic (exact) mass is 282 g/mol. The second-order valence-electron chi connectivity index (χ2n) is 4.12. The van der Waals surface area contributed by atoms with Crippen molar-refractivity contribution >= 4 is 34.7 Å². The number of carbonyl (C=O) groups excluding carboxylic acids is 1. The Labute approximate surface area is 115 Å². The molecule has 0 fully saturated rings. The van der Waals surface area contributed by atoms with Gasteiger partial charge in [-0.2, -0.15) is 0 Å². The highest BCUT2D eigenvalue weighted by Gasteiger charge is 2.30. The van der Waals surface area contributed by atoms with Gasteiger partial charge in [-0.1, -0.05) is 41.4 Å². The van der Waals surface area contributed by atoms with Crippen molar-refractivity contribution in [3.8, 4) is 0 Å². The van der Waals surface area contributed by atoms with Crippen LogP contribution in [0.25, 0.3) is 0 Å². The van der Waals surface area contributed by atoms with Crippen molar-refractivity contribution in [2.75, 3.05) is 5.73 Å². The first-order chi connectivity index (χ1) is 8.40. The zero-order chi connectivity index (χ0) is 13.3. The molecule has 1 aliphatic rings. The molecule has 0 radical (unpaired) electrons. The highest BCUT2D eigenvalue weighted by Crippen LogP contribution is 2.34. The summed E-state index contributed by atoms with van der Waals surface area (Å²) in [4.78, 5) is 12.2. The Morgan fingerprint density at radius 2 is 2.00 bits per heavy atom. The lowest BCUT2D eigenvalue weighted by molar-refractivity contribution is 0.0964. The quantitative estimate of drug-likeness (QED) is 0.379. The molecule has 1 aromatic carbocycles. The van der Waals surface area contributed by atoms with E-state index in [2.05, 4.69) is 0 Å². The Morgan fingerprint density at radius 3 is 2.61 bits per heavy atom. The number of nitrogens with two attached hydrogens (primary N) is 2. The number of ketones is 1. The molecule has 1 unspecified atom stereocenters. The van der Waals surface area contributed by atoms with Gasteiger partial charge in [-0.3, -0.25) is 4.79 Å². The van der Waals surface area contributed by atoms with E-state index in [-0.39, 0.29) is 11.5 Å². The normalized spacial score (nSPS) is 21.4. The minimum absolute atomic E-state index is 0.0923. The summed E-state index contributed by atoms with van der Waals surface area (Å²) < 4.78 is -1.23. The molecule has 5 heteroatoms. The van der Waals surface area contributed by atoms with Gasteiger partial charge in [0, 0.05) is 16.9 Å². The number of allylic oxidation sites excluding steroid dienone is 3. The van der Waals surface area contributed by atoms with Crippen LogP contribution >= 0.6 is 23.2 Å². The average Bonchev–Trinajstić information content (AvgIpc) is 2.32. The van der Waals surface area contributed by atoms with Gasteiger partial charge in [-0.25, -0.2) is 0 Å². The lowest BCUT2D eigenvalue weighted by Crippen LogP contribution is -2.26. The number of alkyl halides is 2. The highest BCUT2D eigenvalue weighted by molar-refractivity contribution is 6.52. The summed E-state index contributed by atoms with van der Waals surface area (Å²) >= 11 is 11.8. The van der Waals surface area contributed by atoms with Crippen LogP contribution < -0.4 is 11.5 Å². The molecule has 0 aromatic heterocycles. The summed E-state index contributed by atoms with van der Waals surface area (Å²) in [5.74, 6) is -0.553. The number of hydrogen-bond acceptors (Lipinski definition) is 3. The molecule has 0 spiro atoms. The van der Waals surface area contributed by atoms with Crippen LogP contribution in [0.3, 0.4) is 0 Å². The smallest absolute Gasteiger partial charge is 0.175 e. The number of halogens is 2. The van der Waals surface area contributed by atoms with Crippen LogP contribution in [-0.2, 0) is 0 Å². The third-order valence-corrected chi connectivity index (χ3v) is 3.42. The topological polar surface area (TPSA) is 69.1 Å². The largest absolute Gasteiger partial charge is 0.400 e. The number of hydrogen-bond donors (Lipinski definition) is 2. The number of carbonyl (C=O) groups is 1. The fraction of sp³-hybridized carbons (Fsp3) is 0.154. The van der Waals surface area contributed by atoms with Gasteiger partial charge in [0.15, 0.2) is 10.1 Å². The van der Waals surface area contributed by atoms with Gasteiger partial charge in [0.25, 0.3) is 0 Å². The van der Waals surface area contributed by atoms with Crippen molar-refractivity contribution in [1.82, 2.24) is 0 Å². The molecule has 0 saturated carbocycles. The molecule has 18 heavy (non-hydrogen) atoms. The van der Waals surface area contributed by atoms with Gasteiger partial charge in [-0.05, 0) is 24.3 Å². The van der Waals surface area contributed by atoms with E-state index in [1.807, 2.05) is 0 Å². The third-order valence-electron chi connectivity index (χ3n) is 2.73. The van der Waals surface area contributed by atoms with Crippen LogP contribution in [0.5, 0.6) is 0 Å². The maximum atomic E-state index is 12.2. The molecule has 1 atom stereocenters. The fourth-order valence-electron chi connectivity index (χ4n) is 1.73. The number of Topliss-reactive ketones (excluding diaryl/α,β-unsaturated/α-hetero) is 1. The second kappa shape index (κ2) is 4.67. The predicted molar refractivity (Wildman–Crippen MR) is 74.5 cm³/mol. The Bertz CT molecular complexity index is 550. The standard InChI is InChI=1S/C13H12Cl2N2O/c14-13(15)5-4-9(7-11(13)17)12(18)8-2-1-3-10(16)6-8/h1-7,9H,16-17H2.